The highest BCUT2D eigenvalue weighted by Crippen LogP contribution is 2.38. The van der Waals surface area contributed by atoms with E-state index in [1.807, 2.05) is 0 Å². The molecule has 10 heteroatoms. The number of nitrogens with zero attached hydrogens (tertiary/aromatic N) is 4. The van der Waals surface area contributed by atoms with Gasteiger partial charge < -0.3 is 4.42 Å². The van der Waals surface area contributed by atoms with Crippen LogP contribution in [0.4, 0.5) is 22.0 Å². The fraction of sp³-hybridized carbons (Fsp3) is 0.0333. The van der Waals surface area contributed by atoms with Gasteiger partial charge in [-0.05, 0) is 78.9 Å². The maximum atomic E-state index is 13.5. The number of alkyl halides is 3. The maximum Gasteiger partial charge on any atom is 0.417 e. The molecule has 0 saturated carbocycles. The quantitative estimate of drug-likeness (QED) is 0.205. The highest BCUT2D eigenvalue weighted by atomic mass is 19.4. The average Bonchev–Trinajstić information content (AvgIpc) is 3.62. The molecule has 0 N–H and O–H groups in total. The highest BCUT2D eigenvalue weighted by molar-refractivity contribution is 5.79. The number of hydrogen-bond acceptors (Lipinski definition) is 4. The van der Waals surface area contributed by atoms with Crippen LogP contribution in [0.2, 0.25) is 0 Å². The third-order valence-electron chi connectivity index (χ3n) is 6.23. The lowest BCUT2D eigenvalue weighted by molar-refractivity contribution is -0.137. The summed E-state index contributed by atoms with van der Waals surface area (Å²) in [6.07, 6.45) is -3.11. The molecule has 0 unspecified atom stereocenters. The molecule has 4 aromatic carbocycles. The Labute approximate surface area is 224 Å². The van der Waals surface area contributed by atoms with Gasteiger partial charge in [0.05, 0.1) is 17.4 Å². The molecule has 0 aliphatic rings. The van der Waals surface area contributed by atoms with Gasteiger partial charge in [0.25, 0.3) is 0 Å². The van der Waals surface area contributed by atoms with Crippen molar-refractivity contribution in [3.8, 4) is 51.0 Å². The number of halogens is 5. The largest absolute Gasteiger partial charge is 0.435 e. The Kier molecular flexibility index (Phi) is 6.22. The SMILES string of the molecule is Fc1ccc(-c2nc(-c3ccc(-n4cc(-c5ccccc5C(F)(F)F)nn4)cc3)oc2-c2ccc(F)cc2)cc1. The zero-order chi connectivity index (χ0) is 27.9. The van der Waals surface area contributed by atoms with E-state index in [0.717, 1.165) is 6.07 Å². The van der Waals surface area contributed by atoms with E-state index >= 15 is 0 Å². The third kappa shape index (κ3) is 4.86. The van der Waals surface area contributed by atoms with Crippen LogP contribution in [0.1, 0.15) is 5.56 Å². The predicted molar refractivity (Wildman–Crippen MR) is 138 cm³/mol. The first kappa shape index (κ1) is 25.2. The Balaban J connectivity index is 1.34. The molecule has 0 fully saturated rings. The summed E-state index contributed by atoms with van der Waals surface area (Å²) in [5.74, 6) is -0.149. The molecule has 0 spiro atoms. The van der Waals surface area contributed by atoms with E-state index in [4.69, 9.17) is 4.42 Å². The minimum Gasteiger partial charge on any atom is -0.435 e. The van der Waals surface area contributed by atoms with Gasteiger partial charge in [-0.2, -0.15) is 13.2 Å². The number of oxazole rings is 1. The van der Waals surface area contributed by atoms with E-state index in [1.54, 1.807) is 48.5 Å². The topological polar surface area (TPSA) is 56.7 Å². The first-order valence-electron chi connectivity index (χ1n) is 12.0. The first-order chi connectivity index (χ1) is 19.3. The highest BCUT2D eigenvalue weighted by Gasteiger charge is 2.34. The molecule has 6 aromatic rings. The monoisotopic (exact) mass is 544 g/mol. The van der Waals surface area contributed by atoms with Crippen molar-refractivity contribution in [2.24, 2.45) is 0 Å². The molecule has 0 amide bonds. The van der Waals surface area contributed by atoms with E-state index in [1.165, 1.54) is 53.3 Å². The van der Waals surface area contributed by atoms with E-state index < -0.39 is 23.4 Å². The molecule has 0 bridgehead atoms. The van der Waals surface area contributed by atoms with Crippen molar-refractivity contribution in [2.75, 3.05) is 0 Å². The van der Waals surface area contributed by atoms with Gasteiger partial charge in [0.1, 0.15) is 23.0 Å². The summed E-state index contributed by atoms with van der Waals surface area (Å²) in [4.78, 5) is 4.63. The van der Waals surface area contributed by atoms with Crippen molar-refractivity contribution in [1.29, 1.82) is 0 Å². The molecule has 40 heavy (non-hydrogen) atoms. The van der Waals surface area contributed by atoms with Crippen molar-refractivity contribution in [1.82, 2.24) is 20.0 Å². The number of rotatable bonds is 5. The molecule has 0 aliphatic carbocycles. The number of aromatic nitrogens is 4. The second-order valence-electron chi connectivity index (χ2n) is 8.85. The third-order valence-corrected chi connectivity index (χ3v) is 6.23. The zero-order valence-corrected chi connectivity index (χ0v) is 20.4. The Morgan fingerprint density at radius 3 is 1.93 bits per heavy atom. The minimum absolute atomic E-state index is 0.0701. The molecule has 198 valence electrons. The van der Waals surface area contributed by atoms with Gasteiger partial charge in [0, 0.05) is 22.3 Å². The summed E-state index contributed by atoms with van der Waals surface area (Å²) in [5, 5.41) is 7.94. The van der Waals surface area contributed by atoms with Crippen molar-refractivity contribution in [3.05, 3.63) is 120 Å². The lowest BCUT2D eigenvalue weighted by atomic mass is 10.0. The van der Waals surface area contributed by atoms with E-state index in [0.29, 0.717) is 33.8 Å². The maximum absolute atomic E-state index is 13.5. The Hall–Kier alpha value is -5.12. The summed E-state index contributed by atoms with van der Waals surface area (Å²) < 4.78 is 74.9. The van der Waals surface area contributed by atoms with Gasteiger partial charge in [-0.15, -0.1) is 5.10 Å². The second kappa shape index (κ2) is 9.88. The van der Waals surface area contributed by atoms with E-state index in [9.17, 15) is 22.0 Å². The molecule has 6 rings (SSSR count). The van der Waals surface area contributed by atoms with Crippen LogP contribution in [-0.2, 0) is 6.18 Å². The number of benzene rings is 4. The average molecular weight is 544 g/mol. The van der Waals surface area contributed by atoms with Crippen LogP contribution < -0.4 is 0 Å². The van der Waals surface area contributed by atoms with E-state index in [-0.39, 0.29) is 17.1 Å². The van der Waals surface area contributed by atoms with Crippen molar-refractivity contribution in [3.63, 3.8) is 0 Å². The molecule has 0 saturated heterocycles. The van der Waals surface area contributed by atoms with Crippen molar-refractivity contribution in [2.45, 2.75) is 6.18 Å². The van der Waals surface area contributed by atoms with Crippen molar-refractivity contribution < 1.29 is 26.4 Å². The Bertz CT molecular complexity index is 1730. The Morgan fingerprint density at radius 2 is 1.27 bits per heavy atom. The van der Waals surface area contributed by atoms with Crippen LogP contribution in [0.15, 0.2) is 108 Å². The lowest BCUT2D eigenvalue weighted by Crippen LogP contribution is -2.06. The van der Waals surface area contributed by atoms with Crippen LogP contribution in [0, 0.1) is 11.6 Å². The van der Waals surface area contributed by atoms with Crippen LogP contribution in [0.25, 0.3) is 51.0 Å². The summed E-state index contributed by atoms with van der Waals surface area (Å²) in [7, 11) is 0. The van der Waals surface area contributed by atoms with Crippen LogP contribution in [0.5, 0.6) is 0 Å². The van der Waals surface area contributed by atoms with Crippen molar-refractivity contribution >= 4 is 0 Å². The van der Waals surface area contributed by atoms with Crippen LogP contribution in [-0.4, -0.2) is 20.0 Å². The normalized spacial score (nSPS) is 11.6. The van der Waals surface area contributed by atoms with Crippen LogP contribution in [0.3, 0.4) is 0 Å². The molecule has 5 nitrogen and oxygen atoms in total. The molecule has 2 heterocycles. The van der Waals surface area contributed by atoms with Gasteiger partial charge in [-0.3, -0.25) is 0 Å². The van der Waals surface area contributed by atoms with Gasteiger partial charge in [-0.25, -0.2) is 18.4 Å². The fourth-order valence-corrected chi connectivity index (χ4v) is 4.27. The van der Waals surface area contributed by atoms with Gasteiger partial charge in [0.2, 0.25) is 5.89 Å². The van der Waals surface area contributed by atoms with Gasteiger partial charge in [-0.1, -0.05) is 23.4 Å². The minimum atomic E-state index is -4.53. The Morgan fingerprint density at radius 1 is 0.675 bits per heavy atom. The van der Waals surface area contributed by atoms with E-state index in [2.05, 4.69) is 15.3 Å². The number of hydrogen-bond donors (Lipinski definition) is 0. The molecule has 0 atom stereocenters. The second-order valence-corrected chi connectivity index (χ2v) is 8.85. The summed E-state index contributed by atoms with van der Waals surface area (Å²) in [5.41, 5.74) is 2.02. The smallest absolute Gasteiger partial charge is 0.417 e. The molecule has 0 aliphatic heterocycles. The summed E-state index contributed by atoms with van der Waals surface area (Å²) in [6, 6.07) is 23.5. The summed E-state index contributed by atoms with van der Waals surface area (Å²) in [6.45, 7) is 0. The van der Waals surface area contributed by atoms with Gasteiger partial charge >= 0.3 is 6.18 Å². The molecular weight excluding hydrogens is 527 g/mol. The first-order valence-corrected chi connectivity index (χ1v) is 12.0. The lowest BCUT2D eigenvalue weighted by Gasteiger charge is -2.10. The molecular formula is C30H17F5N4O. The van der Waals surface area contributed by atoms with Crippen LogP contribution >= 0.6 is 0 Å². The fourth-order valence-electron chi connectivity index (χ4n) is 4.27. The molecule has 0 radical (unpaired) electrons. The summed E-state index contributed by atoms with van der Waals surface area (Å²) >= 11 is 0. The molecule has 2 aromatic heterocycles. The standard InChI is InChI=1S/C30H17F5N4O/c31-21-11-5-18(6-12-21)27-28(19-7-13-22(32)14-8-19)40-29(36-27)20-9-15-23(16-10-20)39-17-26(37-38-39)24-3-1-2-4-25(24)30(33,34)35/h1-17H. The predicted octanol–water partition coefficient (Wildman–Crippen LogP) is 8.22. The zero-order valence-electron chi connectivity index (χ0n) is 20.4. The van der Waals surface area contributed by atoms with Gasteiger partial charge in [0.15, 0.2) is 5.76 Å².